The molecule has 0 aromatic heterocycles. The Kier molecular flexibility index (Phi) is 6.58. The minimum absolute atomic E-state index is 0.180. The number of hydrogen-bond donors (Lipinski definition) is 2. The average Bonchev–Trinajstić information content (AvgIpc) is 2.41. The number of benzene rings is 1. The van der Waals surface area contributed by atoms with Crippen LogP contribution in [0.5, 0.6) is 0 Å². The van der Waals surface area contributed by atoms with Crippen molar-refractivity contribution < 1.29 is 18.3 Å². The second kappa shape index (κ2) is 7.95. The summed E-state index contributed by atoms with van der Waals surface area (Å²) in [5.74, 6) is -0.492. The molecule has 6 heteroatoms. The Labute approximate surface area is 125 Å². The molecule has 0 saturated carbocycles. The van der Waals surface area contributed by atoms with Gasteiger partial charge in [0.2, 0.25) is 10.0 Å². The summed E-state index contributed by atoms with van der Waals surface area (Å²) in [6, 6.07) is 6.07. The van der Waals surface area contributed by atoms with Crippen molar-refractivity contribution in [3.63, 3.8) is 0 Å². The fourth-order valence-electron chi connectivity index (χ4n) is 1.73. The van der Waals surface area contributed by atoms with Gasteiger partial charge in [0, 0.05) is 12.6 Å². The molecular weight excluding hydrogens is 290 g/mol. The molecular formula is C15H21NO4S. The normalized spacial score (nSPS) is 12.1. The molecule has 116 valence electrons. The fraction of sp³-hybridized carbons (Fsp3) is 0.400. The number of rotatable bonds is 8. The van der Waals surface area contributed by atoms with Crippen LogP contribution in [-0.4, -0.2) is 26.0 Å². The standard InChI is InChI=1S/C15H21NO4S/c1-12(2)4-3-11-16-21(19,20)14-8-5-13(6-9-14)7-10-15(17)18/h5-10,12,16H,3-4,11H2,1-2H3,(H,17,18)/b10-7+. The lowest BCUT2D eigenvalue weighted by Gasteiger charge is -2.08. The molecule has 0 saturated heterocycles. The minimum atomic E-state index is -3.50. The van der Waals surface area contributed by atoms with Crippen molar-refractivity contribution in [2.75, 3.05) is 6.54 Å². The maximum Gasteiger partial charge on any atom is 0.328 e. The molecule has 2 N–H and O–H groups in total. The molecule has 5 nitrogen and oxygen atoms in total. The molecule has 0 spiro atoms. The van der Waals surface area contributed by atoms with E-state index >= 15 is 0 Å². The lowest BCUT2D eigenvalue weighted by Crippen LogP contribution is -2.25. The molecule has 0 amide bonds. The Morgan fingerprint density at radius 2 is 1.90 bits per heavy atom. The van der Waals surface area contributed by atoms with Crippen molar-refractivity contribution in [2.45, 2.75) is 31.6 Å². The molecule has 1 aromatic carbocycles. The summed E-state index contributed by atoms with van der Waals surface area (Å²) in [5.41, 5.74) is 0.635. The van der Waals surface area contributed by atoms with Crippen LogP contribution in [0.1, 0.15) is 32.3 Å². The van der Waals surface area contributed by atoms with Gasteiger partial charge in [-0.15, -0.1) is 0 Å². The molecule has 0 atom stereocenters. The van der Waals surface area contributed by atoms with Crippen LogP contribution in [0.4, 0.5) is 0 Å². The van der Waals surface area contributed by atoms with Crippen molar-refractivity contribution in [2.24, 2.45) is 5.92 Å². The summed E-state index contributed by atoms with van der Waals surface area (Å²) >= 11 is 0. The molecule has 0 aliphatic rings. The van der Waals surface area contributed by atoms with Crippen LogP contribution in [-0.2, 0) is 14.8 Å². The first-order chi connectivity index (χ1) is 9.81. The van der Waals surface area contributed by atoms with Crippen LogP contribution in [0.15, 0.2) is 35.2 Å². The molecule has 0 unspecified atom stereocenters. The summed E-state index contributed by atoms with van der Waals surface area (Å²) in [6.07, 6.45) is 4.19. The van der Waals surface area contributed by atoms with Crippen molar-refractivity contribution in [1.82, 2.24) is 4.72 Å². The number of aliphatic carboxylic acids is 1. The van der Waals surface area contributed by atoms with Crippen molar-refractivity contribution in [3.05, 3.63) is 35.9 Å². The van der Waals surface area contributed by atoms with Gasteiger partial charge in [0.25, 0.3) is 0 Å². The Balaban J connectivity index is 2.65. The molecule has 1 rings (SSSR count). The third-order valence-electron chi connectivity index (χ3n) is 2.86. The number of nitrogens with one attached hydrogen (secondary N) is 1. The summed E-state index contributed by atoms with van der Waals surface area (Å²) in [7, 11) is -3.50. The van der Waals surface area contributed by atoms with Crippen LogP contribution in [0.25, 0.3) is 6.08 Å². The highest BCUT2D eigenvalue weighted by Crippen LogP contribution is 2.12. The smallest absolute Gasteiger partial charge is 0.328 e. The molecule has 0 aliphatic carbocycles. The SMILES string of the molecule is CC(C)CCCNS(=O)(=O)c1ccc(/C=C/C(=O)O)cc1. The van der Waals surface area contributed by atoms with E-state index in [9.17, 15) is 13.2 Å². The maximum atomic E-state index is 12.0. The zero-order chi connectivity index (χ0) is 15.9. The lowest BCUT2D eigenvalue weighted by atomic mass is 10.1. The lowest BCUT2D eigenvalue weighted by molar-refractivity contribution is -0.131. The van der Waals surface area contributed by atoms with Gasteiger partial charge in [0.15, 0.2) is 0 Å². The first kappa shape index (κ1) is 17.4. The van der Waals surface area contributed by atoms with Gasteiger partial charge in [0.1, 0.15) is 0 Å². The maximum absolute atomic E-state index is 12.0. The van der Waals surface area contributed by atoms with Crippen LogP contribution < -0.4 is 4.72 Å². The van der Waals surface area contributed by atoms with Gasteiger partial charge in [-0.25, -0.2) is 17.9 Å². The van der Waals surface area contributed by atoms with Crippen LogP contribution in [0.3, 0.4) is 0 Å². The Morgan fingerprint density at radius 1 is 1.29 bits per heavy atom. The van der Waals surface area contributed by atoms with E-state index in [1.54, 1.807) is 12.1 Å². The van der Waals surface area contributed by atoms with Crippen LogP contribution in [0, 0.1) is 5.92 Å². The van der Waals surface area contributed by atoms with E-state index in [-0.39, 0.29) is 4.90 Å². The summed E-state index contributed by atoms with van der Waals surface area (Å²) in [4.78, 5) is 10.6. The topological polar surface area (TPSA) is 83.5 Å². The number of hydrogen-bond acceptors (Lipinski definition) is 3. The molecule has 0 aliphatic heterocycles. The van der Waals surface area contributed by atoms with Crippen molar-refractivity contribution in [3.8, 4) is 0 Å². The Hall–Kier alpha value is -1.66. The third kappa shape index (κ3) is 6.55. The number of carboxylic acid groups (broad SMARTS) is 1. The van der Waals surface area contributed by atoms with E-state index in [2.05, 4.69) is 18.6 Å². The number of carboxylic acids is 1. The molecule has 0 radical (unpaired) electrons. The Morgan fingerprint density at radius 3 is 2.43 bits per heavy atom. The zero-order valence-electron chi connectivity index (χ0n) is 12.2. The van der Waals surface area contributed by atoms with Gasteiger partial charge < -0.3 is 5.11 Å². The summed E-state index contributed by atoms with van der Waals surface area (Å²) in [5, 5.41) is 8.53. The monoisotopic (exact) mass is 311 g/mol. The first-order valence-electron chi connectivity index (χ1n) is 6.82. The zero-order valence-corrected chi connectivity index (χ0v) is 13.1. The van der Waals surface area contributed by atoms with Gasteiger partial charge >= 0.3 is 5.97 Å². The van der Waals surface area contributed by atoms with Gasteiger partial charge in [0.05, 0.1) is 4.90 Å². The fourth-order valence-corrected chi connectivity index (χ4v) is 2.80. The van der Waals surface area contributed by atoms with Gasteiger partial charge in [-0.3, -0.25) is 0 Å². The van der Waals surface area contributed by atoms with Crippen LogP contribution >= 0.6 is 0 Å². The quantitative estimate of drug-likeness (QED) is 0.571. The highest BCUT2D eigenvalue weighted by atomic mass is 32.2. The second-order valence-corrected chi connectivity index (χ2v) is 6.94. The largest absolute Gasteiger partial charge is 0.478 e. The third-order valence-corrected chi connectivity index (χ3v) is 4.34. The molecule has 1 aromatic rings. The number of carbonyl (C=O) groups is 1. The summed E-state index contributed by atoms with van der Waals surface area (Å²) in [6.45, 7) is 4.61. The van der Waals surface area contributed by atoms with Gasteiger partial charge in [-0.05, 0) is 42.5 Å². The van der Waals surface area contributed by atoms with Crippen LogP contribution in [0.2, 0.25) is 0 Å². The van der Waals surface area contributed by atoms with Crippen molar-refractivity contribution >= 4 is 22.1 Å². The molecule has 21 heavy (non-hydrogen) atoms. The van der Waals surface area contributed by atoms with Gasteiger partial charge in [-0.2, -0.15) is 0 Å². The van der Waals surface area contributed by atoms with E-state index in [1.807, 2.05) is 0 Å². The molecule has 0 bridgehead atoms. The summed E-state index contributed by atoms with van der Waals surface area (Å²) < 4.78 is 26.6. The minimum Gasteiger partial charge on any atom is -0.478 e. The second-order valence-electron chi connectivity index (χ2n) is 5.17. The van der Waals surface area contributed by atoms with E-state index in [4.69, 9.17) is 5.11 Å². The molecule has 0 fully saturated rings. The Bertz CT molecular complexity index is 589. The predicted molar refractivity (Wildman–Crippen MR) is 82.4 cm³/mol. The van der Waals surface area contributed by atoms with E-state index < -0.39 is 16.0 Å². The van der Waals surface area contributed by atoms with Crippen molar-refractivity contribution in [1.29, 1.82) is 0 Å². The van der Waals surface area contributed by atoms with Gasteiger partial charge in [-0.1, -0.05) is 26.0 Å². The predicted octanol–water partition coefficient (Wildman–Crippen LogP) is 2.50. The van der Waals surface area contributed by atoms with E-state index in [0.717, 1.165) is 18.9 Å². The highest BCUT2D eigenvalue weighted by molar-refractivity contribution is 7.89. The number of sulfonamides is 1. The van der Waals surface area contributed by atoms with E-state index in [1.165, 1.54) is 18.2 Å². The first-order valence-corrected chi connectivity index (χ1v) is 8.30. The molecule has 0 heterocycles. The highest BCUT2D eigenvalue weighted by Gasteiger charge is 2.12. The average molecular weight is 311 g/mol. The van der Waals surface area contributed by atoms with E-state index in [0.29, 0.717) is 18.0 Å².